The van der Waals surface area contributed by atoms with Crippen LogP contribution < -0.4 is 4.72 Å². The summed E-state index contributed by atoms with van der Waals surface area (Å²) in [7, 11) is -4.24. The van der Waals surface area contributed by atoms with Crippen molar-refractivity contribution in [3.8, 4) is 0 Å². The zero-order valence-corrected chi connectivity index (χ0v) is 13.2. The molecular weight excluding hydrogens is 340 g/mol. The molecule has 0 fully saturated rings. The van der Waals surface area contributed by atoms with E-state index in [4.69, 9.17) is 0 Å². The highest BCUT2D eigenvalue weighted by atomic mass is 32.2. The summed E-state index contributed by atoms with van der Waals surface area (Å²) in [6.45, 7) is 0.0332. The summed E-state index contributed by atoms with van der Waals surface area (Å²) in [5.41, 5.74) is 0.837. The van der Waals surface area contributed by atoms with Crippen molar-refractivity contribution < 1.29 is 17.2 Å². The van der Waals surface area contributed by atoms with Crippen molar-refractivity contribution in [2.75, 3.05) is 6.54 Å². The van der Waals surface area contributed by atoms with Gasteiger partial charge >= 0.3 is 0 Å². The first kappa shape index (κ1) is 16.4. The number of hydrogen-bond acceptors (Lipinski definition) is 5. The first-order valence-electron chi connectivity index (χ1n) is 7.05. The Kier molecular flexibility index (Phi) is 4.49. The highest BCUT2D eigenvalue weighted by Gasteiger charge is 2.23. The molecule has 0 radical (unpaired) electrons. The maximum absolute atomic E-state index is 13.6. The van der Waals surface area contributed by atoms with Gasteiger partial charge in [-0.25, -0.2) is 31.4 Å². The lowest BCUT2D eigenvalue weighted by Gasteiger charge is -2.08. The highest BCUT2D eigenvalue weighted by molar-refractivity contribution is 7.89. The van der Waals surface area contributed by atoms with Crippen molar-refractivity contribution in [1.29, 1.82) is 0 Å². The number of hydrogen-bond donors (Lipinski definition) is 1. The van der Waals surface area contributed by atoms with Crippen LogP contribution in [-0.4, -0.2) is 34.5 Å². The van der Waals surface area contributed by atoms with Crippen molar-refractivity contribution in [1.82, 2.24) is 24.3 Å². The van der Waals surface area contributed by atoms with Crippen molar-refractivity contribution in [3.05, 3.63) is 54.1 Å². The van der Waals surface area contributed by atoms with E-state index in [1.165, 1.54) is 10.8 Å². The number of nitrogens with one attached hydrogen (secondary N) is 1. The molecule has 0 spiro atoms. The zero-order valence-electron chi connectivity index (χ0n) is 12.4. The quantitative estimate of drug-likeness (QED) is 0.675. The molecular formula is C14H13F2N5O2S. The Balaban J connectivity index is 1.61. The third kappa shape index (κ3) is 3.39. The van der Waals surface area contributed by atoms with Crippen LogP contribution >= 0.6 is 0 Å². The van der Waals surface area contributed by atoms with Gasteiger partial charge in [-0.15, -0.1) is 0 Å². The second-order valence-electron chi connectivity index (χ2n) is 5.02. The predicted octanol–water partition coefficient (Wildman–Crippen LogP) is 1.31. The Bertz CT molecular complexity index is 954. The van der Waals surface area contributed by atoms with Crippen LogP contribution in [0.5, 0.6) is 0 Å². The maximum Gasteiger partial charge on any atom is 0.252 e. The molecule has 7 nitrogen and oxygen atoms in total. The van der Waals surface area contributed by atoms with Crippen molar-refractivity contribution >= 4 is 15.8 Å². The lowest BCUT2D eigenvalue weighted by atomic mass is 10.2. The van der Waals surface area contributed by atoms with E-state index in [9.17, 15) is 17.2 Å². The standard InChI is InChI=1S/C14H13F2N5O2S/c15-11-4-1-5-12(16)13(11)24(22,23)20-6-2-3-10-7-17-14-18-9-19-21(14)8-10/h1,4-5,7-9,20H,2-3,6H2. The van der Waals surface area contributed by atoms with Crippen LogP contribution in [0.1, 0.15) is 12.0 Å². The summed E-state index contributed by atoms with van der Waals surface area (Å²) >= 11 is 0. The monoisotopic (exact) mass is 353 g/mol. The smallest absolute Gasteiger partial charge is 0.219 e. The SMILES string of the molecule is O=S(=O)(NCCCc1cnc2ncnn2c1)c1c(F)cccc1F. The van der Waals surface area contributed by atoms with Gasteiger partial charge in [0.25, 0.3) is 5.78 Å². The number of fused-ring (bicyclic) bond motifs is 1. The predicted molar refractivity (Wildman–Crippen MR) is 80.6 cm³/mol. The van der Waals surface area contributed by atoms with Gasteiger partial charge in [0.15, 0.2) is 4.90 Å². The molecule has 2 aromatic heterocycles. The van der Waals surface area contributed by atoms with Crippen molar-refractivity contribution in [2.45, 2.75) is 17.7 Å². The minimum absolute atomic E-state index is 0.0332. The van der Waals surface area contributed by atoms with E-state index in [2.05, 4.69) is 19.8 Å². The van der Waals surface area contributed by atoms with E-state index in [-0.39, 0.29) is 6.54 Å². The van der Waals surface area contributed by atoms with Gasteiger partial charge in [0.2, 0.25) is 10.0 Å². The lowest BCUT2D eigenvalue weighted by Crippen LogP contribution is -2.27. The Morgan fingerprint density at radius 3 is 2.67 bits per heavy atom. The summed E-state index contributed by atoms with van der Waals surface area (Å²) in [5, 5.41) is 3.95. The average Bonchev–Trinajstić information content (AvgIpc) is 2.99. The Labute approximate surface area is 136 Å². The van der Waals surface area contributed by atoms with E-state index < -0.39 is 26.6 Å². The molecule has 3 rings (SSSR count). The Morgan fingerprint density at radius 1 is 1.17 bits per heavy atom. The average molecular weight is 353 g/mol. The van der Waals surface area contributed by atoms with Crippen molar-refractivity contribution in [3.63, 3.8) is 0 Å². The number of halogens is 2. The number of aromatic nitrogens is 4. The fourth-order valence-corrected chi connectivity index (χ4v) is 3.40. The first-order chi connectivity index (χ1) is 11.5. The van der Waals surface area contributed by atoms with Gasteiger partial charge in [-0.1, -0.05) is 6.07 Å². The molecule has 1 N–H and O–H groups in total. The van der Waals surface area contributed by atoms with Crippen LogP contribution in [-0.2, 0) is 16.4 Å². The molecule has 0 saturated heterocycles. The normalized spacial score (nSPS) is 11.9. The summed E-state index contributed by atoms with van der Waals surface area (Å²) in [5.74, 6) is -1.78. The Morgan fingerprint density at radius 2 is 1.92 bits per heavy atom. The minimum Gasteiger partial charge on any atom is -0.219 e. The van der Waals surface area contributed by atoms with Gasteiger partial charge in [-0.2, -0.15) is 10.1 Å². The number of benzene rings is 1. The molecule has 0 saturated carbocycles. The molecule has 0 aliphatic carbocycles. The van der Waals surface area contributed by atoms with E-state index in [1.807, 2.05) is 0 Å². The van der Waals surface area contributed by atoms with E-state index >= 15 is 0 Å². The topological polar surface area (TPSA) is 89.2 Å². The molecule has 0 amide bonds. The van der Waals surface area contributed by atoms with Gasteiger partial charge in [-0.05, 0) is 30.5 Å². The van der Waals surface area contributed by atoms with Crippen LogP contribution in [0.3, 0.4) is 0 Å². The number of nitrogens with zero attached hydrogens (tertiary/aromatic N) is 4. The third-order valence-electron chi connectivity index (χ3n) is 3.31. The molecule has 0 bridgehead atoms. The minimum atomic E-state index is -4.24. The van der Waals surface area contributed by atoms with Gasteiger partial charge in [0, 0.05) is 18.9 Å². The second kappa shape index (κ2) is 6.57. The highest BCUT2D eigenvalue weighted by Crippen LogP contribution is 2.17. The second-order valence-corrected chi connectivity index (χ2v) is 6.72. The molecule has 0 aliphatic heterocycles. The van der Waals surface area contributed by atoms with Crippen LogP contribution in [0, 0.1) is 11.6 Å². The fraction of sp³-hybridized carbons (Fsp3) is 0.214. The summed E-state index contributed by atoms with van der Waals surface area (Å²) < 4.78 is 54.8. The third-order valence-corrected chi connectivity index (χ3v) is 4.82. The van der Waals surface area contributed by atoms with Gasteiger partial charge < -0.3 is 0 Å². The molecule has 126 valence electrons. The molecule has 0 aliphatic rings. The molecule has 2 heterocycles. The van der Waals surface area contributed by atoms with E-state index in [0.717, 1.165) is 23.8 Å². The molecule has 0 atom stereocenters. The van der Waals surface area contributed by atoms with E-state index in [1.54, 1.807) is 12.4 Å². The summed E-state index contributed by atoms with van der Waals surface area (Å²) in [6.07, 6.45) is 5.68. The molecule has 0 unspecified atom stereocenters. The van der Waals surface area contributed by atoms with Crippen molar-refractivity contribution in [2.24, 2.45) is 0 Å². The largest absolute Gasteiger partial charge is 0.252 e. The summed E-state index contributed by atoms with van der Waals surface area (Å²) in [4.78, 5) is 7.05. The maximum atomic E-state index is 13.6. The summed E-state index contributed by atoms with van der Waals surface area (Å²) in [6, 6.07) is 2.91. The molecule has 24 heavy (non-hydrogen) atoms. The van der Waals surface area contributed by atoms with Crippen LogP contribution in [0.2, 0.25) is 0 Å². The first-order valence-corrected chi connectivity index (χ1v) is 8.53. The lowest BCUT2D eigenvalue weighted by molar-refractivity contribution is 0.513. The number of rotatable bonds is 6. The molecule has 3 aromatic rings. The van der Waals surface area contributed by atoms with Crippen LogP contribution in [0.4, 0.5) is 8.78 Å². The number of sulfonamides is 1. The fourth-order valence-electron chi connectivity index (χ4n) is 2.20. The molecule has 10 heteroatoms. The Hall–Kier alpha value is -2.46. The van der Waals surface area contributed by atoms with Gasteiger partial charge in [0.05, 0.1) is 0 Å². The zero-order chi connectivity index (χ0) is 17.2. The van der Waals surface area contributed by atoms with E-state index in [0.29, 0.717) is 18.6 Å². The van der Waals surface area contributed by atoms with Crippen LogP contribution in [0.15, 0.2) is 41.8 Å². The molecule has 1 aromatic carbocycles. The number of aryl methyl sites for hydroxylation is 1. The van der Waals surface area contributed by atoms with Gasteiger partial charge in [0.1, 0.15) is 18.0 Å². The van der Waals surface area contributed by atoms with Gasteiger partial charge in [-0.3, -0.25) is 0 Å². The van der Waals surface area contributed by atoms with Crippen LogP contribution in [0.25, 0.3) is 5.78 Å².